The van der Waals surface area contributed by atoms with Crippen LogP contribution in [0.25, 0.3) is 11.0 Å². The zero-order valence-electron chi connectivity index (χ0n) is 15.8. The standard InChI is InChI=1S/C21H24N4O3/c1-28-16-5-2-4-14(12-16)19-6-3-10-25(19)11-9-20(26)22-15-7-8-17-18(13-15)24-21(27)23-17/h2,4-5,7-8,12-13,19H,3,6,9-11H2,1H3,(H,22,26)(H2,23,24,27). The number of fused-ring (bicyclic) bond motifs is 1. The Hall–Kier alpha value is -3.06. The Balaban J connectivity index is 1.37. The molecule has 3 N–H and O–H groups in total. The number of carbonyl (C=O) groups is 1. The number of likely N-dealkylation sites (tertiary alicyclic amines) is 1. The van der Waals surface area contributed by atoms with Crippen molar-refractivity contribution in [1.82, 2.24) is 14.9 Å². The molecule has 1 aliphatic heterocycles. The van der Waals surface area contributed by atoms with Crippen molar-refractivity contribution in [3.8, 4) is 5.75 Å². The Kier molecular flexibility index (Phi) is 5.16. The molecule has 1 saturated heterocycles. The smallest absolute Gasteiger partial charge is 0.323 e. The molecule has 146 valence electrons. The summed E-state index contributed by atoms with van der Waals surface area (Å²) < 4.78 is 5.34. The highest BCUT2D eigenvalue weighted by atomic mass is 16.5. The molecule has 0 aliphatic carbocycles. The zero-order valence-corrected chi connectivity index (χ0v) is 15.8. The summed E-state index contributed by atoms with van der Waals surface area (Å²) in [5.74, 6) is 0.828. The van der Waals surface area contributed by atoms with Gasteiger partial charge >= 0.3 is 5.69 Å². The molecule has 0 radical (unpaired) electrons. The number of ether oxygens (including phenoxy) is 1. The molecular formula is C21H24N4O3. The lowest BCUT2D eigenvalue weighted by molar-refractivity contribution is -0.116. The van der Waals surface area contributed by atoms with E-state index in [9.17, 15) is 9.59 Å². The first kappa shape index (κ1) is 18.3. The Morgan fingerprint density at radius 3 is 2.93 bits per heavy atom. The number of carbonyl (C=O) groups excluding carboxylic acids is 1. The predicted octanol–water partition coefficient (Wildman–Crippen LogP) is 3.03. The molecule has 1 amide bonds. The van der Waals surface area contributed by atoms with Gasteiger partial charge in [-0.15, -0.1) is 0 Å². The summed E-state index contributed by atoms with van der Waals surface area (Å²) in [5.41, 5.74) is 3.07. The van der Waals surface area contributed by atoms with Crippen molar-refractivity contribution in [3.63, 3.8) is 0 Å². The van der Waals surface area contributed by atoms with Crippen molar-refractivity contribution in [3.05, 3.63) is 58.5 Å². The number of H-pyrrole nitrogens is 2. The van der Waals surface area contributed by atoms with Crippen LogP contribution in [-0.2, 0) is 4.79 Å². The van der Waals surface area contributed by atoms with Gasteiger partial charge in [0, 0.05) is 24.7 Å². The fourth-order valence-electron chi connectivity index (χ4n) is 3.90. The minimum Gasteiger partial charge on any atom is -0.497 e. The topological polar surface area (TPSA) is 90.2 Å². The van der Waals surface area contributed by atoms with E-state index >= 15 is 0 Å². The number of hydrogen-bond acceptors (Lipinski definition) is 4. The highest BCUT2D eigenvalue weighted by Crippen LogP contribution is 2.33. The largest absolute Gasteiger partial charge is 0.497 e. The molecule has 3 aromatic rings. The van der Waals surface area contributed by atoms with Gasteiger partial charge in [-0.05, 0) is 55.3 Å². The van der Waals surface area contributed by atoms with E-state index in [1.807, 2.05) is 12.1 Å². The molecular weight excluding hydrogens is 356 g/mol. The number of nitrogens with zero attached hydrogens (tertiary/aromatic N) is 1. The lowest BCUT2D eigenvalue weighted by atomic mass is 10.0. The number of benzene rings is 2. The van der Waals surface area contributed by atoms with E-state index in [4.69, 9.17) is 4.74 Å². The van der Waals surface area contributed by atoms with Gasteiger partial charge in [0.25, 0.3) is 0 Å². The Bertz CT molecular complexity index is 1040. The van der Waals surface area contributed by atoms with Crippen LogP contribution in [0.15, 0.2) is 47.3 Å². The summed E-state index contributed by atoms with van der Waals surface area (Å²) in [6.07, 6.45) is 2.63. The fraction of sp³-hybridized carbons (Fsp3) is 0.333. The van der Waals surface area contributed by atoms with E-state index in [-0.39, 0.29) is 11.6 Å². The average molecular weight is 380 g/mol. The van der Waals surface area contributed by atoms with Gasteiger partial charge in [0.05, 0.1) is 18.1 Å². The Morgan fingerprint density at radius 2 is 2.07 bits per heavy atom. The molecule has 2 aromatic carbocycles. The van der Waals surface area contributed by atoms with E-state index in [1.165, 1.54) is 5.56 Å². The lowest BCUT2D eigenvalue weighted by Crippen LogP contribution is -2.27. The number of imidazole rings is 1. The summed E-state index contributed by atoms with van der Waals surface area (Å²) in [5, 5.41) is 2.92. The molecule has 4 rings (SSSR count). The maximum atomic E-state index is 12.4. The van der Waals surface area contributed by atoms with Crippen LogP contribution >= 0.6 is 0 Å². The first-order valence-corrected chi connectivity index (χ1v) is 9.52. The molecule has 2 heterocycles. The molecule has 0 saturated carbocycles. The van der Waals surface area contributed by atoms with E-state index in [1.54, 1.807) is 25.3 Å². The van der Waals surface area contributed by atoms with Crippen LogP contribution < -0.4 is 15.7 Å². The van der Waals surface area contributed by atoms with Gasteiger partial charge in [-0.1, -0.05) is 12.1 Å². The maximum absolute atomic E-state index is 12.4. The van der Waals surface area contributed by atoms with Crippen LogP contribution in [-0.4, -0.2) is 41.0 Å². The number of anilines is 1. The number of methoxy groups -OCH3 is 1. The van der Waals surface area contributed by atoms with Crippen molar-refractivity contribution < 1.29 is 9.53 Å². The SMILES string of the molecule is COc1cccc(C2CCCN2CCC(=O)Nc2ccc3[nH]c(=O)[nH]c3c2)c1. The van der Waals surface area contributed by atoms with Crippen LogP contribution in [0.5, 0.6) is 5.75 Å². The highest BCUT2D eigenvalue weighted by molar-refractivity contribution is 5.93. The highest BCUT2D eigenvalue weighted by Gasteiger charge is 2.26. The summed E-state index contributed by atoms with van der Waals surface area (Å²) in [6, 6.07) is 13.8. The molecule has 1 aliphatic rings. The summed E-state index contributed by atoms with van der Waals surface area (Å²) in [6.45, 7) is 1.70. The number of amides is 1. The van der Waals surface area contributed by atoms with Crippen LogP contribution in [0.2, 0.25) is 0 Å². The first-order chi connectivity index (χ1) is 13.6. The van der Waals surface area contributed by atoms with Gasteiger partial charge in [-0.2, -0.15) is 0 Å². The van der Waals surface area contributed by atoms with Crippen LogP contribution in [0, 0.1) is 0 Å². The second-order valence-electron chi connectivity index (χ2n) is 7.11. The molecule has 1 atom stereocenters. The van der Waals surface area contributed by atoms with Gasteiger partial charge in [-0.25, -0.2) is 4.79 Å². The third kappa shape index (κ3) is 3.94. The number of rotatable bonds is 6. The number of hydrogen-bond donors (Lipinski definition) is 3. The number of aromatic amines is 2. The van der Waals surface area contributed by atoms with E-state index in [0.717, 1.165) is 30.7 Å². The van der Waals surface area contributed by atoms with E-state index < -0.39 is 0 Å². The molecule has 1 fully saturated rings. The molecule has 1 unspecified atom stereocenters. The molecule has 0 spiro atoms. The third-order valence-electron chi connectivity index (χ3n) is 5.27. The van der Waals surface area contributed by atoms with Gasteiger partial charge in [0.1, 0.15) is 5.75 Å². The number of nitrogens with one attached hydrogen (secondary N) is 3. The summed E-state index contributed by atoms with van der Waals surface area (Å²) in [7, 11) is 1.68. The molecule has 0 bridgehead atoms. The Morgan fingerprint density at radius 1 is 1.21 bits per heavy atom. The molecule has 28 heavy (non-hydrogen) atoms. The predicted molar refractivity (Wildman–Crippen MR) is 109 cm³/mol. The van der Waals surface area contributed by atoms with Gasteiger partial charge < -0.3 is 20.0 Å². The lowest BCUT2D eigenvalue weighted by Gasteiger charge is -2.25. The van der Waals surface area contributed by atoms with Crippen molar-refractivity contribution in [2.24, 2.45) is 0 Å². The molecule has 1 aromatic heterocycles. The van der Waals surface area contributed by atoms with Gasteiger partial charge in [-0.3, -0.25) is 9.69 Å². The summed E-state index contributed by atoms with van der Waals surface area (Å²) in [4.78, 5) is 31.5. The quantitative estimate of drug-likeness (QED) is 0.613. The van der Waals surface area contributed by atoms with Crippen molar-refractivity contribution in [2.45, 2.75) is 25.3 Å². The van der Waals surface area contributed by atoms with E-state index in [0.29, 0.717) is 30.2 Å². The zero-order chi connectivity index (χ0) is 19.5. The fourth-order valence-corrected chi connectivity index (χ4v) is 3.90. The normalized spacial score (nSPS) is 17.1. The van der Waals surface area contributed by atoms with E-state index in [2.05, 4.69) is 32.3 Å². The third-order valence-corrected chi connectivity index (χ3v) is 5.27. The van der Waals surface area contributed by atoms with Gasteiger partial charge in [0.15, 0.2) is 0 Å². The average Bonchev–Trinajstić information content (AvgIpc) is 3.31. The number of aromatic nitrogens is 2. The Labute approximate surface area is 162 Å². The van der Waals surface area contributed by atoms with Gasteiger partial charge in [0.2, 0.25) is 5.91 Å². The molecule has 7 heteroatoms. The summed E-state index contributed by atoms with van der Waals surface area (Å²) >= 11 is 0. The van der Waals surface area contributed by atoms with Crippen LogP contribution in [0.1, 0.15) is 30.9 Å². The second-order valence-corrected chi connectivity index (χ2v) is 7.11. The van der Waals surface area contributed by atoms with Crippen molar-refractivity contribution in [1.29, 1.82) is 0 Å². The minimum atomic E-state index is -0.254. The van der Waals surface area contributed by atoms with Crippen molar-refractivity contribution >= 4 is 22.6 Å². The second kappa shape index (κ2) is 7.90. The monoisotopic (exact) mass is 380 g/mol. The van der Waals surface area contributed by atoms with Crippen LogP contribution in [0.4, 0.5) is 5.69 Å². The van der Waals surface area contributed by atoms with Crippen LogP contribution in [0.3, 0.4) is 0 Å². The first-order valence-electron chi connectivity index (χ1n) is 9.52. The minimum absolute atomic E-state index is 0.0338. The molecule has 7 nitrogen and oxygen atoms in total. The van der Waals surface area contributed by atoms with Crippen molar-refractivity contribution in [2.75, 3.05) is 25.5 Å². The maximum Gasteiger partial charge on any atom is 0.323 e.